The lowest BCUT2D eigenvalue weighted by molar-refractivity contribution is 0.0841. The molecule has 146 valence electrons. The van der Waals surface area contributed by atoms with E-state index in [-0.39, 0.29) is 36.0 Å². The van der Waals surface area contributed by atoms with Crippen LogP contribution in [0.2, 0.25) is 0 Å². The minimum absolute atomic E-state index is 0. The fourth-order valence-corrected chi connectivity index (χ4v) is 4.19. The third-order valence-corrected chi connectivity index (χ3v) is 5.36. The van der Waals surface area contributed by atoms with E-state index >= 15 is 0 Å². The van der Waals surface area contributed by atoms with Crippen LogP contribution in [0.5, 0.6) is 0 Å². The maximum atomic E-state index is 14.0. The van der Waals surface area contributed by atoms with Crippen LogP contribution < -0.4 is 5.32 Å². The van der Waals surface area contributed by atoms with E-state index in [0.29, 0.717) is 5.92 Å². The molecule has 0 saturated heterocycles. The summed E-state index contributed by atoms with van der Waals surface area (Å²) in [5, 5.41) is 3.13. The second-order valence-corrected chi connectivity index (χ2v) is 7.33. The molecule has 1 amide bonds. The maximum Gasteiger partial charge on any atom is 0.254 e. The Labute approximate surface area is 167 Å². The lowest BCUT2D eigenvalue weighted by Crippen LogP contribution is -2.47. The number of rotatable bonds is 5. The summed E-state index contributed by atoms with van der Waals surface area (Å²) in [5.74, 6) is -0.480. The van der Waals surface area contributed by atoms with Crippen molar-refractivity contribution in [2.45, 2.75) is 37.8 Å². The Balaban J connectivity index is 0.00000261. The summed E-state index contributed by atoms with van der Waals surface area (Å²) in [6.45, 7) is 0. The van der Waals surface area contributed by atoms with Crippen LogP contribution in [0.15, 0.2) is 54.6 Å². The van der Waals surface area contributed by atoms with Crippen LogP contribution in [0, 0.1) is 11.7 Å². The van der Waals surface area contributed by atoms with Crippen LogP contribution in [-0.2, 0) is 0 Å². The molecule has 2 aromatic carbocycles. The second kappa shape index (κ2) is 9.86. The van der Waals surface area contributed by atoms with E-state index in [1.807, 2.05) is 6.07 Å². The molecule has 3 unspecified atom stereocenters. The molecule has 0 aliphatic heterocycles. The number of hydrogen-bond acceptors (Lipinski definition) is 2. The zero-order chi connectivity index (χ0) is 18.5. The number of benzene rings is 2. The largest absolute Gasteiger partial charge is 0.349 e. The number of nitrogens with zero attached hydrogens (tertiary/aromatic N) is 1. The molecule has 0 spiro atoms. The van der Waals surface area contributed by atoms with Gasteiger partial charge in [0, 0.05) is 12.1 Å². The Morgan fingerprint density at radius 3 is 2.33 bits per heavy atom. The summed E-state index contributed by atoms with van der Waals surface area (Å²) in [6.07, 6.45) is 4.24. The van der Waals surface area contributed by atoms with E-state index < -0.39 is 5.82 Å². The summed E-state index contributed by atoms with van der Waals surface area (Å²) in [5.41, 5.74) is 1.38. The Bertz CT molecular complexity index is 738. The van der Waals surface area contributed by atoms with Gasteiger partial charge in [0.25, 0.3) is 5.91 Å². The van der Waals surface area contributed by atoms with Crippen molar-refractivity contribution in [3.05, 3.63) is 71.5 Å². The van der Waals surface area contributed by atoms with Crippen molar-refractivity contribution in [2.75, 3.05) is 14.1 Å². The van der Waals surface area contributed by atoms with Crippen molar-refractivity contribution in [1.82, 2.24) is 10.2 Å². The van der Waals surface area contributed by atoms with Crippen molar-refractivity contribution in [1.29, 1.82) is 0 Å². The maximum absolute atomic E-state index is 14.0. The van der Waals surface area contributed by atoms with Gasteiger partial charge < -0.3 is 10.2 Å². The molecule has 0 heterocycles. The topological polar surface area (TPSA) is 32.3 Å². The number of amides is 1. The van der Waals surface area contributed by atoms with E-state index in [1.165, 1.54) is 11.6 Å². The van der Waals surface area contributed by atoms with Crippen LogP contribution in [0.3, 0.4) is 0 Å². The van der Waals surface area contributed by atoms with Gasteiger partial charge in [-0.05, 0) is 50.6 Å². The summed E-state index contributed by atoms with van der Waals surface area (Å²) in [4.78, 5) is 14.9. The molecule has 1 aliphatic rings. The highest BCUT2D eigenvalue weighted by atomic mass is 35.5. The minimum atomic E-state index is -0.468. The minimum Gasteiger partial charge on any atom is -0.349 e. The molecule has 0 bridgehead atoms. The highest BCUT2D eigenvalue weighted by molar-refractivity contribution is 5.94. The summed E-state index contributed by atoms with van der Waals surface area (Å²) in [6, 6.07) is 16.9. The molecule has 1 N–H and O–H groups in total. The average Bonchev–Trinajstić information content (AvgIpc) is 2.64. The van der Waals surface area contributed by atoms with Gasteiger partial charge in [0.2, 0.25) is 0 Å². The Hall–Kier alpha value is -1.91. The third-order valence-electron chi connectivity index (χ3n) is 5.36. The lowest BCUT2D eigenvalue weighted by atomic mass is 9.77. The van der Waals surface area contributed by atoms with Gasteiger partial charge in [0.1, 0.15) is 5.82 Å². The van der Waals surface area contributed by atoms with E-state index in [9.17, 15) is 9.18 Å². The van der Waals surface area contributed by atoms with Crippen LogP contribution in [0.25, 0.3) is 0 Å². The highest BCUT2D eigenvalue weighted by Gasteiger charge is 2.35. The summed E-state index contributed by atoms with van der Waals surface area (Å²) in [7, 11) is 4.17. The molecule has 0 radical (unpaired) electrons. The standard InChI is InChI=1S/C22H27FN2O.ClH/c1-25(2)21(16-10-4-3-5-11-16)18-13-7-9-15-20(18)24-22(26)17-12-6-8-14-19(17)23;/h3-6,8,10-12,14,18,20-21H,7,9,13,15H2,1-2H3,(H,24,26);1H. The van der Waals surface area contributed by atoms with Crippen LogP contribution in [-0.4, -0.2) is 30.9 Å². The van der Waals surface area contributed by atoms with E-state index in [2.05, 4.69) is 48.6 Å². The van der Waals surface area contributed by atoms with E-state index in [1.54, 1.807) is 18.2 Å². The van der Waals surface area contributed by atoms with E-state index in [4.69, 9.17) is 0 Å². The molecule has 1 aliphatic carbocycles. The molecule has 2 aromatic rings. The zero-order valence-corrected chi connectivity index (χ0v) is 16.7. The molecular formula is C22H28ClFN2O. The monoisotopic (exact) mass is 390 g/mol. The SMILES string of the molecule is CN(C)C(c1ccccc1)C1CCCCC1NC(=O)c1ccccc1F.Cl. The first-order valence-electron chi connectivity index (χ1n) is 9.34. The average molecular weight is 391 g/mol. The van der Waals surface area contributed by atoms with Gasteiger partial charge in [0.15, 0.2) is 0 Å². The zero-order valence-electron chi connectivity index (χ0n) is 15.9. The number of nitrogens with one attached hydrogen (secondary N) is 1. The Morgan fingerprint density at radius 2 is 1.67 bits per heavy atom. The van der Waals surface area contributed by atoms with E-state index in [0.717, 1.165) is 25.7 Å². The molecule has 5 heteroatoms. The summed E-state index contributed by atoms with van der Waals surface area (Å²) < 4.78 is 14.0. The Morgan fingerprint density at radius 1 is 1.04 bits per heavy atom. The van der Waals surface area contributed by atoms with Gasteiger partial charge in [-0.2, -0.15) is 0 Å². The normalized spacial score (nSPS) is 20.6. The van der Waals surface area contributed by atoms with Crippen molar-refractivity contribution < 1.29 is 9.18 Å². The van der Waals surface area contributed by atoms with Crippen molar-refractivity contribution in [3.63, 3.8) is 0 Å². The number of hydrogen-bond donors (Lipinski definition) is 1. The number of carbonyl (C=O) groups excluding carboxylic acids is 1. The van der Waals surface area contributed by atoms with Gasteiger partial charge in [-0.3, -0.25) is 4.79 Å². The summed E-state index contributed by atoms with van der Waals surface area (Å²) >= 11 is 0. The number of carbonyl (C=O) groups is 1. The highest BCUT2D eigenvalue weighted by Crippen LogP contribution is 2.37. The predicted octanol–water partition coefficient (Wildman–Crippen LogP) is 4.84. The first-order chi connectivity index (χ1) is 12.6. The van der Waals surface area contributed by atoms with Gasteiger partial charge in [0.05, 0.1) is 5.56 Å². The van der Waals surface area contributed by atoms with Crippen LogP contribution in [0.1, 0.15) is 47.6 Å². The van der Waals surface area contributed by atoms with Crippen LogP contribution in [0.4, 0.5) is 4.39 Å². The van der Waals surface area contributed by atoms with Crippen molar-refractivity contribution in [2.24, 2.45) is 5.92 Å². The molecule has 3 rings (SSSR count). The smallest absolute Gasteiger partial charge is 0.254 e. The fourth-order valence-electron chi connectivity index (χ4n) is 4.19. The molecule has 1 fully saturated rings. The molecule has 3 nitrogen and oxygen atoms in total. The third kappa shape index (κ3) is 5.08. The first-order valence-corrected chi connectivity index (χ1v) is 9.34. The molecule has 27 heavy (non-hydrogen) atoms. The first kappa shape index (κ1) is 21.4. The Kier molecular flexibility index (Phi) is 7.81. The molecule has 3 atom stereocenters. The van der Waals surface area contributed by atoms with Gasteiger partial charge in [-0.15, -0.1) is 12.4 Å². The lowest BCUT2D eigenvalue weighted by Gasteiger charge is -2.40. The van der Waals surface area contributed by atoms with Gasteiger partial charge in [-0.1, -0.05) is 55.3 Å². The van der Waals surface area contributed by atoms with Crippen LogP contribution >= 0.6 is 12.4 Å². The van der Waals surface area contributed by atoms with Crippen molar-refractivity contribution >= 4 is 18.3 Å². The molecule has 1 saturated carbocycles. The second-order valence-electron chi connectivity index (χ2n) is 7.33. The van der Waals surface area contributed by atoms with Crippen molar-refractivity contribution in [3.8, 4) is 0 Å². The molecular weight excluding hydrogens is 363 g/mol. The number of halogens is 2. The molecule has 0 aromatic heterocycles. The quantitative estimate of drug-likeness (QED) is 0.792. The van der Waals surface area contributed by atoms with Gasteiger partial charge in [-0.25, -0.2) is 4.39 Å². The fraction of sp³-hybridized carbons (Fsp3) is 0.409. The van der Waals surface area contributed by atoms with Gasteiger partial charge >= 0.3 is 0 Å². The predicted molar refractivity (Wildman–Crippen MR) is 110 cm³/mol.